The van der Waals surface area contributed by atoms with Gasteiger partial charge in [-0.1, -0.05) is 23.7 Å². The third-order valence-electron chi connectivity index (χ3n) is 4.63. The molecule has 0 saturated carbocycles. The van der Waals surface area contributed by atoms with Crippen molar-refractivity contribution in [2.24, 2.45) is 0 Å². The molecule has 3 aromatic rings. The van der Waals surface area contributed by atoms with Crippen LogP contribution >= 0.6 is 27.5 Å². The van der Waals surface area contributed by atoms with Gasteiger partial charge < -0.3 is 19.9 Å². The molecule has 34 heavy (non-hydrogen) atoms. The van der Waals surface area contributed by atoms with Crippen LogP contribution in [0, 0.1) is 11.3 Å². The van der Waals surface area contributed by atoms with Gasteiger partial charge in [0.2, 0.25) is 0 Å². The summed E-state index contributed by atoms with van der Waals surface area (Å²) in [6.45, 7) is 0.168. The normalized spacial score (nSPS) is 10.8. The molecule has 0 atom stereocenters. The minimum Gasteiger partial charge on any atom is -0.497 e. The molecule has 0 radical (unpaired) electrons. The van der Waals surface area contributed by atoms with Gasteiger partial charge in [-0.05, 0) is 81.7 Å². The van der Waals surface area contributed by atoms with Gasteiger partial charge in [0.05, 0.1) is 22.2 Å². The van der Waals surface area contributed by atoms with Gasteiger partial charge in [0, 0.05) is 5.69 Å². The molecule has 0 aliphatic heterocycles. The predicted octanol–water partition coefficient (Wildman–Crippen LogP) is 5.93. The Labute approximate surface area is 209 Å². The zero-order chi connectivity index (χ0) is 24.7. The van der Waals surface area contributed by atoms with Crippen molar-refractivity contribution < 1.29 is 24.2 Å². The van der Waals surface area contributed by atoms with Gasteiger partial charge in [0.1, 0.15) is 24.0 Å². The van der Waals surface area contributed by atoms with E-state index in [0.29, 0.717) is 27.2 Å². The second kappa shape index (κ2) is 11.4. The fourth-order valence-electron chi connectivity index (χ4n) is 2.89. The number of anilines is 1. The highest BCUT2D eigenvalue weighted by molar-refractivity contribution is 9.10. The number of carbonyl (C=O) groups excluding carboxylic acids is 1. The zero-order valence-electron chi connectivity index (χ0n) is 17.8. The van der Waals surface area contributed by atoms with Crippen molar-refractivity contribution in [1.82, 2.24) is 0 Å². The number of carbonyl (C=O) groups is 2. The predicted molar refractivity (Wildman–Crippen MR) is 132 cm³/mol. The Morgan fingerprint density at radius 3 is 2.38 bits per heavy atom. The van der Waals surface area contributed by atoms with E-state index in [-0.39, 0.29) is 22.8 Å². The summed E-state index contributed by atoms with van der Waals surface area (Å²) >= 11 is 9.78. The number of nitrogens with zero attached hydrogens (tertiary/aromatic N) is 1. The van der Waals surface area contributed by atoms with E-state index in [0.717, 1.165) is 5.56 Å². The highest BCUT2D eigenvalue weighted by Crippen LogP contribution is 2.35. The number of nitriles is 1. The standard InChI is InChI=1S/C25H18BrClN2O5/c1-33-20-8-6-19(7-9-20)29-24(30)18(13-28)10-16-11-21(26)23(22(27)12-16)34-14-15-2-4-17(5-3-15)25(31)32/h2-12H,14H2,1H3,(H,29,30)(H,31,32)/b18-10-. The first-order valence-corrected chi connectivity index (χ1v) is 11.0. The SMILES string of the molecule is COc1ccc(NC(=O)/C(C#N)=C\c2cc(Cl)c(OCc3ccc(C(=O)O)cc3)c(Br)c2)cc1. The number of methoxy groups -OCH3 is 1. The van der Waals surface area contributed by atoms with E-state index in [1.807, 2.05) is 6.07 Å². The number of ether oxygens (including phenoxy) is 2. The average molecular weight is 542 g/mol. The molecule has 1 amide bonds. The number of carboxylic acids is 1. The number of hydrogen-bond donors (Lipinski definition) is 2. The monoisotopic (exact) mass is 540 g/mol. The molecular weight excluding hydrogens is 524 g/mol. The topological polar surface area (TPSA) is 109 Å². The summed E-state index contributed by atoms with van der Waals surface area (Å²) in [6, 6.07) is 18.2. The second-order valence-electron chi connectivity index (χ2n) is 6.96. The van der Waals surface area contributed by atoms with Crippen LogP contribution < -0.4 is 14.8 Å². The summed E-state index contributed by atoms with van der Waals surface area (Å²) in [6.07, 6.45) is 1.42. The summed E-state index contributed by atoms with van der Waals surface area (Å²) in [5.41, 5.74) is 1.89. The highest BCUT2D eigenvalue weighted by atomic mass is 79.9. The van der Waals surface area contributed by atoms with Crippen LogP contribution in [0.15, 0.2) is 70.7 Å². The molecule has 0 heterocycles. The molecule has 2 N–H and O–H groups in total. The maximum atomic E-state index is 12.5. The van der Waals surface area contributed by atoms with Gasteiger partial charge in [0.15, 0.2) is 5.75 Å². The quantitative estimate of drug-likeness (QED) is 0.270. The second-order valence-corrected chi connectivity index (χ2v) is 8.22. The van der Waals surface area contributed by atoms with Crippen molar-refractivity contribution in [2.75, 3.05) is 12.4 Å². The first-order chi connectivity index (χ1) is 16.3. The van der Waals surface area contributed by atoms with Crippen LogP contribution in [0.25, 0.3) is 6.08 Å². The summed E-state index contributed by atoms with van der Waals surface area (Å²) < 4.78 is 11.4. The first-order valence-electron chi connectivity index (χ1n) is 9.82. The molecule has 0 aliphatic carbocycles. The smallest absolute Gasteiger partial charge is 0.335 e. The molecule has 3 rings (SSSR count). The van der Waals surface area contributed by atoms with Crippen LogP contribution in [0.3, 0.4) is 0 Å². The Morgan fingerprint density at radius 1 is 1.15 bits per heavy atom. The van der Waals surface area contributed by atoms with Crippen molar-refractivity contribution in [2.45, 2.75) is 6.61 Å². The molecule has 0 spiro atoms. The number of rotatable bonds is 8. The Bertz CT molecular complexity index is 1260. The maximum absolute atomic E-state index is 12.5. The Hall–Kier alpha value is -3.80. The number of carboxylic acid groups (broad SMARTS) is 1. The van der Waals surface area contributed by atoms with Crippen LogP contribution in [0.5, 0.6) is 11.5 Å². The fourth-order valence-corrected chi connectivity index (χ4v) is 3.88. The maximum Gasteiger partial charge on any atom is 0.335 e. The molecule has 0 aliphatic rings. The number of hydrogen-bond acceptors (Lipinski definition) is 5. The van der Waals surface area contributed by atoms with E-state index in [1.54, 1.807) is 55.6 Å². The number of aromatic carboxylic acids is 1. The third kappa shape index (κ3) is 6.38. The van der Waals surface area contributed by atoms with Crippen molar-refractivity contribution >= 4 is 51.2 Å². The largest absolute Gasteiger partial charge is 0.497 e. The lowest BCUT2D eigenvalue weighted by atomic mass is 10.1. The van der Waals surface area contributed by atoms with E-state index in [4.69, 9.17) is 26.2 Å². The van der Waals surface area contributed by atoms with Gasteiger partial charge in [-0.2, -0.15) is 5.26 Å². The molecule has 0 saturated heterocycles. The summed E-state index contributed by atoms with van der Waals surface area (Å²) in [5.74, 6) is -0.545. The number of amides is 1. The van der Waals surface area contributed by atoms with Gasteiger partial charge in [-0.25, -0.2) is 4.79 Å². The number of halogens is 2. The molecule has 172 valence electrons. The van der Waals surface area contributed by atoms with E-state index in [2.05, 4.69) is 21.2 Å². The van der Waals surface area contributed by atoms with Crippen molar-refractivity contribution in [3.05, 3.63) is 92.4 Å². The molecule has 7 nitrogen and oxygen atoms in total. The highest BCUT2D eigenvalue weighted by Gasteiger charge is 2.13. The Kier molecular flexibility index (Phi) is 8.30. The van der Waals surface area contributed by atoms with Crippen molar-refractivity contribution in [1.29, 1.82) is 5.26 Å². The lowest BCUT2D eigenvalue weighted by Crippen LogP contribution is -2.13. The fraction of sp³-hybridized carbons (Fsp3) is 0.0800. The molecular formula is C25H18BrClN2O5. The van der Waals surface area contributed by atoms with Crippen LogP contribution in [0.4, 0.5) is 5.69 Å². The minimum atomic E-state index is -1.00. The average Bonchev–Trinajstić information content (AvgIpc) is 2.82. The van der Waals surface area contributed by atoms with Gasteiger partial charge in [-0.15, -0.1) is 0 Å². The third-order valence-corrected chi connectivity index (χ3v) is 5.50. The van der Waals surface area contributed by atoms with Crippen LogP contribution in [-0.2, 0) is 11.4 Å². The molecule has 3 aromatic carbocycles. The lowest BCUT2D eigenvalue weighted by molar-refractivity contribution is -0.112. The summed E-state index contributed by atoms with van der Waals surface area (Å²) in [5, 5.41) is 21.4. The lowest BCUT2D eigenvalue weighted by Gasteiger charge is -2.12. The molecule has 0 unspecified atom stereocenters. The first kappa shape index (κ1) is 24.8. The van der Waals surface area contributed by atoms with E-state index in [1.165, 1.54) is 18.2 Å². The van der Waals surface area contributed by atoms with Gasteiger partial charge in [0.25, 0.3) is 5.91 Å². The van der Waals surface area contributed by atoms with Gasteiger partial charge >= 0.3 is 5.97 Å². The minimum absolute atomic E-state index is 0.106. The van der Waals surface area contributed by atoms with E-state index >= 15 is 0 Å². The number of nitrogens with one attached hydrogen (secondary N) is 1. The van der Waals surface area contributed by atoms with Gasteiger partial charge in [-0.3, -0.25) is 4.79 Å². The summed E-state index contributed by atoms with van der Waals surface area (Å²) in [4.78, 5) is 23.5. The van der Waals surface area contributed by atoms with Crippen molar-refractivity contribution in [3.63, 3.8) is 0 Å². The van der Waals surface area contributed by atoms with E-state index in [9.17, 15) is 14.9 Å². The molecule has 0 fully saturated rings. The van der Waals surface area contributed by atoms with Crippen LogP contribution in [0.1, 0.15) is 21.5 Å². The van der Waals surface area contributed by atoms with Crippen LogP contribution in [0.2, 0.25) is 5.02 Å². The van der Waals surface area contributed by atoms with Crippen LogP contribution in [-0.4, -0.2) is 24.1 Å². The molecule has 0 aromatic heterocycles. The zero-order valence-corrected chi connectivity index (χ0v) is 20.2. The Balaban J connectivity index is 1.73. The number of benzene rings is 3. The molecule has 0 bridgehead atoms. The van der Waals surface area contributed by atoms with E-state index < -0.39 is 11.9 Å². The summed E-state index contributed by atoms with van der Waals surface area (Å²) in [7, 11) is 1.54. The Morgan fingerprint density at radius 2 is 1.82 bits per heavy atom. The molecule has 9 heteroatoms. The van der Waals surface area contributed by atoms with Crippen molar-refractivity contribution in [3.8, 4) is 17.6 Å².